The van der Waals surface area contributed by atoms with Crippen LogP contribution in [-0.2, 0) is 16.3 Å². The predicted octanol–water partition coefficient (Wildman–Crippen LogP) is 3.02. The first-order valence-corrected chi connectivity index (χ1v) is 10.9. The Morgan fingerprint density at radius 2 is 1.66 bits per heavy atom. The van der Waals surface area contributed by atoms with Gasteiger partial charge in [-0.25, -0.2) is 12.8 Å². The maximum Gasteiger partial charge on any atom is 0.190 e. The smallest absolute Gasteiger partial charge is 0.190 e. The zero-order valence-corrected chi connectivity index (χ0v) is 19.7. The molecule has 2 N–H and O–H groups in total. The first-order valence-electron chi connectivity index (χ1n) is 9.00. The van der Waals surface area contributed by atoms with Gasteiger partial charge in [0.15, 0.2) is 15.8 Å². The number of sulfone groups is 1. The average molecular weight is 535 g/mol. The van der Waals surface area contributed by atoms with Crippen LogP contribution in [0.5, 0.6) is 5.75 Å². The van der Waals surface area contributed by atoms with Gasteiger partial charge in [0.05, 0.1) is 11.5 Å². The summed E-state index contributed by atoms with van der Waals surface area (Å²) in [6.45, 7) is 1.87. The number of halogens is 2. The minimum Gasteiger partial charge on any atom is -0.494 e. The zero-order chi connectivity index (χ0) is 20.4. The van der Waals surface area contributed by atoms with Crippen molar-refractivity contribution in [3.05, 3.63) is 59.9 Å². The van der Waals surface area contributed by atoms with E-state index in [1.165, 1.54) is 18.4 Å². The molecular weight excluding hydrogens is 508 g/mol. The Balaban J connectivity index is 0.00000420. The van der Waals surface area contributed by atoms with Gasteiger partial charge < -0.3 is 15.4 Å². The molecule has 9 heteroatoms. The van der Waals surface area contributed by atoms with Crippen molar-refractivity contribution in [1.82, 2.24) is 10.6 Å². The molecule has 0 bridgehead atoms. The topological polar surface area (TPSA) is 79.8 Å². The number of ether oxygens (including phenoxy) is 1. The van der Waals surface area contributed by atoms with E-state index >= 15 is 0 Å². The lowest BCUT2D eigenvalue weighted by Crippen LogP contribution is -2.39. The van der Waals surface area contributed by atoms with Gasteiger partial charge in [-0.15, -0.1) is 24.0 Å². The molecule has 0 saturated heterocycles. The van der Waals surface area contributed by atoms with E-state index in [4.69, 9.17) is 4.74 Å². The second-order valence-electron chi connectivity index (χ2n) is 6.25. The molecule has 6 nitrogen and oxygen atoms in total. The molecule has 0 fully saturated rings. The molecule has 2 aromatic rings. The lowest BCUT2D eigenvalue weighted by atomic mass is 10.1. The third kappa shape index (κ3) is 9.44. The van der Waals surface area contributed by atoms with Crippen molar-refractivity contribution in [3.8, 4) is 5.75 Å². The van der Waals surface area contributed by atoms with E-state index in [1.807, 2.05) is 12.1 Å². The molecule has 0 spiro atoms. The van der Waals surface area contributed by atoms with E-state index in [0.29, 0.717) is 36.3 Å². The van der Waals surface area contributed by atoms with Crippen molar-refractivity contribution in [3.63, 3.8) is 0 Å². The van der Waals surface area contributed by atoms with E-state index in [0.717, 1.165) is 18.4 Å². The summed E-state index contributed by atoms with van der Waals surface area (Å²) >= 11 is 0. The van der Waals surface area contributed by atoms with E-state index in [1.54, 1.807) is 31.3 Å². The van der Waals surface area contributed by atoms with Crippen LogP contribution in [0.15, 0.2) is 58.4 Å². The highest BCUT2D eigenvalue weighted by molar-refractivity contribution is 14.0. The minimum atomic E-state index is -3.16. The van der Waals surface area contributed by atoms with Crippen molar-refractivity contribution in [2.75, 3.05) is 33.0 Å². The predicted molar refractivity (Wildman–Crippen MR) is 125 cm³/mol. The molecule has 0 unspecified atom stereocenters. The van der Waals surface area contributed by atoms with E-state index < -0.39 is 9.84 Å². The standard InChI is InChI=1S/C20H26FN3O3S.HI/c1-22-20(23-13-3-15-27-18-8-6-17(21)7-9-18)24-14-12-16-4-10-19(11-5-16)28(2,25)26;/h4-11H,3,12-15H2,1-2H3,(H2,22,23,24);1H. The molecule has 0 atom stereocenters. The van der Waals surface area contributed by atoms with E-state index in [-0.39, 0.29) is 29.8 Å². The molecule has 0 aliphatic heterocycles. The van der Waals surface area contributed by atoms with E-state index in [2.05, 4.69) is 15.6 Å². The van der Waals surface area contributed by atoms with Crippen LogP contribution in [0.4, 0.5) is 4.39 Å². The fraction of sp³-hybridized carbons (Fsp3) is 0.350. The van der Waals surface area contributed by atoms with Crippen molar-refractivity contribution < 1.29 is 17.5 Å². The molecule has 0 heterocycles. The molecule has 0 saturated carbocycles. The van der Waals surface area contributed by atoms with Crippen molar-refractivity contribution in [2.24, 2.45) is 4.99 Å². The second-order valence-corrected chi connectivity index (χ2v) is 8.26. The SMILES string of the molecule is CN=C(NCCCOc1ccc(F)cc1)NCCc1ccc(S(C)(=O)=O)cc1.I. The summed E-state index contributed by atoms with van der Waals surface area (Å²) in [4.78, 5) is 4.49. The minimum absolute atomic E-state index is 0. The van der Waals surface area contributed by atoms with Gasteiger partial charge >= 0.3 is 0 Å². The third-order valence-corrected chi connectivity index (χ3v) is 5.11. The summed E-state index contributed by atoms with van der Waals surface area (Å²) in [5.74, 6) is 1.05. The van der Waals surface area contributed by atoms with Gasteiger partial charge in [0.25, 0.3) is 0 Å². The van der Waals surface area contributed by atoms with Gasteiger partial charge in [-0.3, -0.25) is 4.99 Å². The first kappa shape index (κ1) is 25.2. The van der Waals surface area contributed by atoms with Crippen LogP contribution in [0.1, 0.15) is 12.0 Å². The molecule has 2 rings (SSSR count). The van der Waals surface area contributed by atoms with Crippen LogP contribution in [0, 0.1) is 5.82 Å². The highest BCUT2D eigenvalue weighted by Gasteiger charge is 2.06. The molecule has 160 valence electrons. The van der Waals surface area contributed by atoms with Gasteiger partial charge in [-0.2, -0.15) is 0 Å². The van der Waals surface area contributed by atoms with E-state index in [9.17, 15) is 12.8 Å². The average Bonchev–Trinajstić information content (AvgIpc) is 2.67. The number of guanidine groups is 1. The van der Waals surface area contributed by atoms with Crippen molar-refractivity contribution >= 4 is 39.8 Å². The van der Waals surface area contributed by atoms with Gasteiger partial charge in [0, 0.05) is 26.4 Å². The Labute approximate surface area is 188 Å². The second kappa shape index (κ2) is 12.6. The van der Waals surface area contributed by atoms with Gasteiger partial charge in [-0.1, -0.05) is 12.1 Å². The number of benzene rings is 2. The molecule has 29 heavy (non-hydrogen) atoms. The van der Waals surface area contributed by atoms with Crippen LogP contribution < -0.4 is 15.4 Å². The molecule has 0 radical (unpaired) electrons. The number of nitrogens with one attached hydrogen (secondary N) is 2. The van der Waals surface area contributed by atoms with Crippen LogP contribution in [0.3, 0.4) is 0 Å². The molecule has 0 aromatic heterocycles. The summed E-state index contributed by atoms with van der Waals surface area (Å²) in [5, 5.41) is 6.42. The number of nitrogens with zero attached hydrogens (tertiary/aromatic N) is 1. The van der Waals surface area contributed by atoms with Crippen LogP contribution in [0.2, 0.25) is 0 Å². The number of hydrogen-bond donors (Lipinski definition) is 2. The number of aliphatic imine (C=N–C) groups is 1. The fourth-order valence-electron chi connectivity index (χ4n) is 2.45. The van der Waals surface area contributed by atoms with Crippen LogP contribution in [-0.4, -0.2) is 47.4 Å². The Kier molecular flexibility index (Phi) is 11.0. The summed E-state index contributed by atoms with van der Waals surface area (Å²) in [5.41, 5.74) is 1.04. The number of hydrogen-bond acceptors (Lipinski definition) is 4. The lowest BCUT2D eigenvalue weighted by Gasteiger charge is -2.12. The molecule has 2 aromatic carbocycles. The van der Waals surface area contributed by atoms with Crippen LogP contribution in [0.25, 0.3) is 0 Å². The van der Waals surface area contributed by atoms with Crippen molar-refractivity contribution in [2.45, 2.75) is 17.7 Å². The Morgan fingerprint density at radius 3 is 2.24 bits per heavy atom. The summed E-state index contributed by atoms with van der Waals surface area (Å²) in [6, 6.07) is 12.8. The molecular formula is C20H27FIN3O3S. The highest BCUT2D eigenvalue weighted by atomic mass is 127. The maximum absolute atomic E-state index is 12.8. The largest absolute Gasteiger partial charge is 0.494 e. The Morgan fingerprint density at radius 1 is 1.03 bits per heavy atom. The maximum atomic E-state index is 12.8. The first-order chi connectivity index (χ1) is 13.4. The van der Waals surface area contributed by atoms with Crippen LogP contribution >= 0.6 is 24.0 Å². The molecule has 0 aliphatic carbocycles. The monoisotopic (exact) mass is 535 g/mol. The van der Waals surface area contributed by atoms with Gasteiger partial charge in [0.2, 0.25) is 0 Å². The Bertz CT molecular complexity index is 873. The highest BCUT2D eigenvalue weighted by Crippen LogP contribution is 2.11. The normalized spacial score (nSPS) is 11.5. The summed E-state index contributed by atoms with van der Waals surface area (Å²) < 4.78 is 41.3. The van der Waals surface area contributed by atoms with Gasteiger partial charge in [0.1, 0.15) is 11.6 Å². The summed E-state index contributed by atoms with van der Waals surface area (Å²) in [7, 11) is -1.46. The zero-order valence-electron chi connectivity index (χ0n) is 16.5. The quantitative estimate of drug-likeness (QED) is 0.224. The molecule has 0 amide bonds. The Hall–Kier alpha value is -1.88. The summed E-state index contributed by atoms with van der Waals surface area (Å²) in [6.07, 6.45) is 2.72. The molecule has 0 aliphatic rings. The third-order valence-electron chi connectivity index (χ3n) is 3.98. The van der Waals surface area contributed by atoms with Crippen molar-refractivity contribution in [1.29, 1.82) is 0 Å². The lowest BCUT2D eigenvalue weighted by molar-refractivity contribution is 0.310. The van der Waals surface area contributed by atoms with Gasteiger partial charge in [-0.05, 0) is 54.8 Å². The fourth-order valence-corrected chi connectivity index (χ4v) is 3.08. The number of rotatable bonds is 9.